The number of carbonyl (C=O) groups is 1. The summed E-state index contributed by atoms with van der Waals surface area (Å²) >= 11 is 7.86. The molecule has 0 radical (unpaired) electrons. The number of carbonyl (C=O) groups excluding carboxylic acids is 1. The molecule has 1 saturated heterocycles. The normalized spacial score (nSPS) is 20.9. The highest BCUT2D eigenvalue weighted by Crippen LogP contribution is 2.37. The van der Waals surface area contributed by atoms with Crippen molar-refractivity contribution in [3.05, 3.63) is 59.1 Å². The van der Waals surface area contributed by atoms with Crippen molar-refractivity contribution in [1.82, 2.24) is 9.80 Å². The first-order valence-corrected chi connectivity index (χ1v) is 11.6. The van der Waals surface area contributed by atoms with Gasteiger partial charge in [0.05, 0.1) is 12.2 Å². The van der Waals surface area contributed by atoms with E-state index in [2.05, 4.69) is 47.1 Å². The summed E-state index contributed by atoms with van der Waals surface area (Å²) in [6.07, 6.45) is 1.03. The predicted octanol–water partition coefficient (Wildman–Crippen LogP) is 4.38. The van der Waals surface area contributed by atoms with Gasteiger partial charge in [0.25, 0.3) is 0 Å². The van der Waals surface area contributed by atoms with E-state index in [4.69, 9.17) is 11.6 Å². The van der Waals surface area contributed by atoms with Gasteiger partial charge in [-0.05, 0) is 36.2 Å². The van der Waals surface area contributed by atoms with Crippen LogP contribution < -0.4 is 4.90 Å². The van der Waals surface area contributed by atoms with Gasteiger partial charge in [-0.2, -0.15) is 0 Å². The lowest BCUT2D eigenvalue weighted by Gasteiger charge is -2.35. The third-order valence-electron chi connectivity index (χ3n) is 5.69. The lowest BCUT2D eigenvalue weighted by atomic mass is 10.2. The molecule has 2 aliphatic heterocycles. The Labute approximate surface area is 182 Å². The van der Waals surface area contributed by atoms with Crippen molar-refractivity contribution in [2.24, 2.45) is 0 Å². The zero-order valence-electron chi connectivity index (χ0n) is 16.9. The molecule has 0 N–H and O–H groups in total. The minimum absolute atomic E-state index is 0.221. The highest BCUT2D eigenvalue weighted by atomic mass is 35.5. The maximum Gasteiger partial charge on any atom is 0.241 e. The maximum atomic E-state index is 13.1. The number of hydrogen-bond acceptors (Lipinski definition) is 4. The highest BCUT2D eigenvalue weighted by Gasteiger charge is 2.26. The summed E-state index contributed by atoms with van der Waals surface area (Å²) in [4.78, 5) is 21.1. The van der Waals surface area contributed by atoms with Crippen molar-refractivity contribution in [2.45, 2.75) is 30.0 Å². The van der Waals surface area contributed by atoms with Crippen LogP contribution >= 0.6 is 23.4 Å². The molecule has 0 bridgehead atoms. The van der Waals surface area contributed by atoms with Gasteiger partial charge in [-0.25, -0.2) is 0 Å². The number of anilines is 1. The number of halogens is 1. The largest absolute Gasteiger partial charge is 0.310 e. The predicted molar refractivity (Wildman–Crippen MR) is 122 cm³/mol. The second-order valence-corrected chi connectivity index (χ2v) is 9.83. The van der Waals surface area contributed by atoms with Crippen molar-refractivity contribution < 1.29 is 4.79 Å². The van der Waals surface area contributed by atoms with Gasteiger partial charge in [0.15, 0.2) is 0 Å². The second-order valence-electron chi connectivity index (χ2n) is 7.91. The monoisotopic (exact) mass is 429 g/mol. The Balaban J connectivity index is 1.32. The average Bonchev–Trinajstić information content (AvgIpc) is 2.89. The molecule has 2 aromatic carbocycles. The minimum atomic E-state index is 0.221. The van der Waals surface area contributed by atoms with Gasteiger partial charge >= 0.3 is 0 Å². The molecule has 0 spiro atoms. The summed E-state index contributed by atoms with van der Waals surface area (Å²) < 4.78 is 0. The van der Waals surface area contributed by atoms with Gasteiger partial charge in [0.2, 0.25) is 5.91 Å². The summed E-state index contributed by atoms with van der Waals surface area (Å²) in [5, 5.41) is 1.31. The maximum absolute atomic E-state index is 13.1. The van der Waals surface area contributed by atoms with Gasteiger partial charge in [0, 0.05) is 54.4 Å². The molecule has 0 aliphatic carbocycles. The van der Waals surface area contributed by atoms with Gasteiger partial charge in [-0.15, -0.1) is 11.8 Å². The number of amides is 1. The minimum Gasteiger partial charge on any atom is -0.310 e. The van der Waals surface area contributed by atoms with Crippen molar-refractivity contribution in [3.63, 3.8) is 0 Å². The Morgan fingerprint density at radius 2 is 1.69 bits per heavy atom. The summed E-state index contributed by atoms with van der Waals surface area (Å²) in [6, 6.07) is 16.4. The van der Waals surface area contributed by atoms with E-state index in [1.54, 1.807) is 0 Å². The molecule has 1 fully saturated rings. The summed E-state index contributed by atoms with van der Waals surface area (Å²) in [5.41, 5.74) is 2.36. The van der Waals surface area contributed by atoms with E-state index in [-0.39, 0.29) is 5.91 Å². The van der Waals surface area contributed by atoms with Gasteiger partial charge in [-0.3, -0.25) is 14.6 Å². The van der Waals surface area contributed by atoms with Gasteiger partial charge in [0.1, 0.15) is 0 Å². The van der Waals surface area contributed by atoms with Crippen molar-refractivity contribution >= 4 is 35.0 Å². The molecule has 0 unspecified atom stereocenters. The quantitative estimate of drug-likeness (QED) is 0.720. The molecule has 4 rings (SSSR count). The van der Waals surface area contributed by atoms with E-state index < -0.39 is 0 Å². The van der Waals surface area contributed by atoms with Crippen LogP contribution in [0, 0.1) is 0 Å². The Morgan fingerprint density at radius 3 is 2.45 bits per heavy atom. The third-order valence-corrected chi connectivity index (χ3v) is 7.18. The van der Waals surface area contributed by atoms with Crippen LogP contribution in [0.15, 0.2) is 53.4 Å². The number of piperazine rings is 1. The Hall–Kier alpha value is -1.53. The van der Waals surface area contributed by atoms with E-state index in [0.29, 0.717) is 11.8 Å². The fourth-order valence-electron chi connectivity index (χ4n) is 3.98. The Morgan fingerprint density at radius 1 is 1.00 bits per heavy atom. The van der Waals surface area contributed by atoms with Crippen LogP contribution in [0.5, 0.6) is 0 Å². The molecule has 6 heteroatoms. The second kappa shape index (κ2) is 9.52. The molecule has 29 heavy (non-hydrogen) atoms. The summed E-state index contributed by atoms with van der Waals surface area (Å²) in [5.74, 6) is 0.221. The summed E-state index contributed by atoms with van der Waals surface area (Å²) in [7, 11) is 0. The number of hydrogen-bond donors (Lipinski definition) is 0. The van der Waals surface area contributed by atoms with E-state index in [9.17, 15) is 4.79 Å². The molecule has 2 heterocycles. The molecule has 0 saturated carbocycles. The average molecular weight is 430 g/mol. The van der Waals surface area contributed by atoms with Gasteiger partial charge in [-0.1, -0.05) is 42.8 Å². The SMILES string of the molecule is C[C@H]1CCN(C(=O)CN2CCN(Cc3ccc(Cl)cc3)CC2)c2ccccc2S1. The zero-order valence-corrected chi connectivity index (χ0v) is 18.5. The van der Waals surface area contributed by atoms with E-state index >= 15 is 0 Å². The molecule has 1 atom stereocenters. The number of nitrogens with zero attached hydrogens (tertiary/aromatic N) is 3. The third kappa shape index (κ3) is 5.34. The molecule has 0 aromatic heterocycles. The molecule has 4 nitrogen and oxygen atoms in total. The van der Waals surface area contributed by atoms with Crippen LogP contribution in [-0.2, 0) is 11.3 Å². The smallest absolute Gasteiger partial charge is 0.241 e. The highest BCUT2D eigenvalue weighted by molar-refractivity contribution is 8.00. The number of benzene rings is 2. The zero-order chi connectivity index (χ0) is 20.2. The van der Waals surface area contributed by atoms with Gasteiger partial charge < -0.3 is 4.90 Å². The lowest BCUT2D eigenvalue weighted by molar-refractivity contribution is -0.120. The van der Waals surface area contributed by atoms with Crippen LogP contribution in [0.2, 0.25) is 5.02 Å². The standard InChI is InChI=1S/C23H28ClN3OS/c1-18-10-11-27(21-4-2-3-5-22(21)29-18)23(28)17-26-14-12-25(13-15-26)16-19-6-8-20(24)9-7-19/h2-9,18H,10-17H2,1H3/t18-/m0/s1. The Bertz CT molecular complexity index is 836. The topological polar surface area (TPSA) is 26.8 Å². The summed E-state index contributed by atoms with van der Waals surface area (Å²) in [6.45, 7) is 8.32. The van der Waals surface area contributed by atoms with E-state index in [0.717, 1.165) is 56.4 Å². The van der Waals surface area contributed by atoms with Crippen molar-refractivity contribution in [2.75, 3.05) is 44.2 Å². The molecule has 1 amide bonds. The molecule has 2 aromatic rings. The van der Waals surface area contributed by atoms with E-state index in [1.807, 2.05) is 34.9 Å². The lowest BCUT2D eigenvalue weighted by Crippen LogP contribution is -2.50. The number of fused-ring (bicyclic) bond motifs is 1. The fourth-order valence-corrected chi connectivity index (χ4v) is 5.21. The van der Waals surface area contributed by atoms with Crippen LogP contribution in [0.25, 0.3) is 0 Å². The van der Waals surface area contributed by atoms with Crippen LogP contribution in [0.1, 0.15) is 18.9 Å². The first-order chi connectivity index (χ1) is 14.1. The van der Waals surface area contributed by atoms with Crippen molar-refractivity contribution in [1.29, 1.82) is 0 Å². The van der Waals surface area contributed by atoms with Crippen LogP contribution in [0.4, 0.5) is 5.69 Å². The molecular weight excluding hydrogens is 402 g/mol. The molecular formula is C23H28ClN3OS. The number of rotatable bonds is 4. The van der Waals surface area contributed by atoms with Crippen LogP contribution in [-0.4, -0.2) is 60.2 Å². The first kappa shape index (κ1) is 20.7. The van der Waals surface area contributed by atoms with Crippen molar-refractivity contribution in [3.8, 4) is 0 Å². The van der Waals surface area contributed by atoms with Crippen LogP contribution in [0.3, 0.4) is 0 Å². The number of thioether (sulfide) groups is 1. The molecule has 2 aliphatic rings. The fraction of sp³-hybridized carbons (Fsp3) is 0.435. The van der Waals surface area contributed by atoms with E-state index in [1.165, 1.54) is 10.5 Å². The number of para-hydroxylation sites is 1. The Kier molecular flexibility index (Phi) is 6.81. The first-order valence-electron chi connectivity index (χ1n) is 10.3. The molecule has 154 valence electrons.